The molecule has 7 heteroatoms. The number of H-pyrrole nitrogens is 1. The minimum Gasteiger partial charge on any atom is -0.450 e. The molecule has 27 heavy (non-hydrogen) atoms. The quantitative estimate of drug-likeness (QED) is 0.491. The molecule has 138 valence electrons. The average molecular weight is 399 g/mol. The molecule has 0 saturated carbocycles. The maximum Gasteiger partial charge on any atom is 0.349 e. The summed E-state index contributed by atoms with van der Waals surface area (Å²) in [5.74, 6) is -0.0386. The second-order valence-corrected chi connectivity index (χ2v) is 8.77. The third-order valence-corrected chi connectivity index (χ3v) is 7.11. The molecular formula is C20H18N2O3S2. The highest BCUT2D eigenvalue weighted by Crippen LogP contribution is 2.32. The number of nitrogens with one attached hydrogen (secondary N) is 1. The van der Waals surface area contributed by atoms with Crippen LogP contribution in [0, 0.1) is 20.8 Å². The van der Waals surface area contributed by atoms with E-state index in [1.165, 1.54) is 22.7 Å². The molecule has 1 aromatic carbocycles. The van der Waals surface area contributed by atoms with Gasteiger partial charge in [0.25, 0.3) is 5.56 Å². The molecule has 1 atom stereocenters. The Labute approximate surface area is 163 Å². The largest absolute Gasteiger partial charge is 0.450 e. The first kappa shape index (κ1) is 17.9. The van der Waals surface area contributed by atoms with Crippen molar-refractivity contribution >= 4 is 48.9 Å². The fourth-order valence-electron chi connectivity index (χ4n) is 3.10. The van der Waals surface area contributed by atoms with E-state index in [1.54, 1.807) is 6.92 Å². The highest BCUT2D eigenvalue weighted by atomic mass is 32.1. The first-order valence-electron chi connectivity index (χ1n) is 8.56. The number of aryl methyl sites for hydroxylation is 3. The Morgan fingerprint density at radius 2 is 1.89 bits per heavy atom. The molecule has 5 nitrogen and oxygen atoms in total. The van der Waals surface area contributed by atoms with Crippen molar-refractivity contribution in [2.45, 2.75) is 33.8 Å². The van der Waals surface area contributed by atoms with E-state index in [0.29, 0.717) is 20.9 Å². The molecule has 1 N–H and O–H groups in total. The molecule has 0 aliphatic carbocycles. The average Bonchev–Trinajstić information content (AvgIpc) is 3.12. The number of hydrogen-bond acceptors (Lipinski definition) is 6. The van der Waals surface area contributed by atoms with E-state index >= 15 is 0 Å². The minimum absolute atomic E-state index is 0.196. The van der Waals surface area contributed by atoms with Crippen molar-refractivity contribution in [3.05, 3.63) is 61.3 Å². The summed E-state index contributed by atoms with van der Waals surface area (Å²) in [7, 11) is 0. The molecule has 3 heterocycles. The highest BCUT2D eigenvalue weighted by molar-refractivity contribution is 7.21. The van der Waals surface area contributed by atoms with Crippen LogP contribution in [0.4, 0.5) is 0 Å². The lowest BCUT2D eigenvalue weighted by molar-refractivity contribution is 0.0325. The molecule has 0 amide bonds. The number of aromatic nitrogens is 2. The van der Waals surface area contributed by atoms with Crippen molar-refractivity contribution in [3.8, 4) is 0 Å². The number of aromatic amines is 1. The summed E-state index contributed by atoms with van der Waals surface area (Å²) >= 11 is 2.89. The van der Waals surface area contributed by atoms with Gasteiger partial charge in [-0.3, -0.25) is 4.79 Å². The number of rotatable bonds is 3. The summed E-state index contributed by atoms with van der Waals surface area (Å²) in [6.07, 6.45) is -0.651. The van der Waals surface area contributed by atoms with Crippen LogP contribution in [0.1, 0.15) is 44.5 Å². The molecule has 0 fully saturated rings. The number of carbonyl (C=O) groups excluding carboxylic acids is 1. The Bertz CT molecular complexity index is 1250. The highest BCUT2D eigenvalue weighted by Gasteiger charge is 2.22. The third kappa shape index (κ3) is 2.96. The summed E-state index contributed by atoms with van der Waals surface area (Å²) < 4.78 is 6.67. The van der Waals surface area contributed by atoms with Gasteiger partial charge in [-0.05, 0) is 50.3 Å². The second kappa shape index (κ2) is 6.58. The van der Waals surface area contributed by atoms with Crippen molar-refractivity contribution < 1.29 is 9.53 Å². The molecule has 0 aliphatic heterocycles. The number of carbonyl (C=O) groups is 1. The number of benzene rings is 1. The maximum atomic E-state index is 12.7. The van der Waals surface area contributed by atoms with Crippen molar-refractivity contribution in [2.75, 3.05) is 0 Å². The van der Waals surface area contributed by atoms with Gasteiger partial charge in [-0.25, -0.2) is 9.78 Å². The Morgan fingerprint density at radius 1 is 1.15 bits per heavy atom. The standard InChI is InChI=1S/C20H18N2O3S2/c1-9-12(4)26-19-15(9)18(23)21-17(22-19)11(3)25-20(24)16-10(2)13-7-5-6-8-14(13)27-16/h5-8,11H,1-4H3,(H,21,22,23)/t11-/m1/s1. The molecule has 0 aliphatic rings. The van der Waals surface area contributed by atoms with E-state index in [4.69, 9.17) is 4.74 Å². The Balaban J connectivity index is 1.66. The molecule has 0 unspecified atom stereocenters. The SMILES string of the molecule is Cc1sc2nc([C@@H](C)OC(=O)c3sc4ccccc4c3C)[nH]c(=O)c2c1C. The Hall–Kier alpha value is -2.51. The van der Waals surface area contributed by atoms with E-state index in [0.717, 1.165) is 26.1 Å². The number of thiophene rings is 2. The molecule has 3 aromatic heterocycles. The van der Waals surface area contributed by atoms with Crippen LogP contribution in [0.2, 0.25) is 0 Å². The minimum atomic E-state index is -0.651. The summed E-state index contributed by atoms with van der Waals surface area (Å²) in [6.45, 7) is 7.52. The van der Waals surface area contributed by atoms with Crippen molar-refractivity contribution in [1.29, 1.82) is 0 Å². The lowest BCUT2D eigenvalue weighted by Crippen LogP contribution is -2.17. The monoisotopic (exact) mass is 398 g/mol. The number of fused-ring (bicyclic) bond motifs is 2. The first-order chi connectivity index (χ1) is 12.9. The Morgan fingerprint density at radius 3 is 2.63 bits per heavy atom. The molecule has 4 rings (SSSR count). The predicted octanol–water partition coefficient (Wildman–Crippen LogP) is 5.04. The molecule has 0 spiro atoms. The smallest absolute Gasteiger partial charge is 0.349 e. The normalized spacial score (nSPS) is 12.6. The van der Waals surface area contributed by atoms with Gasteiger partial charge in [-0.15, -0.1) is 22.7 Å². The van der Waals surface area contributed by atoms with Gasteiger partial charge in [-0.2, -0.15) is 0 Å². The van der Waals surface area contributed by atoms with Crippen molar-refractivity contribution in [3.63, 3.8) is 0 Å². The summed E-state index contributed by atoms with van der Waals surface area (Å²) in [6, 6.07) is 7.89. The van der Waals surface area contributed by atoms with Gasteiger partial charge in [0.2, 0.25) is 0 Å². The van der Waals surface area contributed by atoms with E-state index in [1.807, 2.05) is 45.0 Å². The fourth-order valence-corrected chi connectivity index (χ4v) is 5.23. The summed E-state index contributed by atoms with van der Waals surface area (Å²) in [5, 5.41) is 1.67. The Kier molecular flexibility index (Phi) is 4.36. The van der Waals surface area contributed by atoms with E-state index in [2.05, 4.69) is 9.97 Å². The van der Waals surface area contributed by atoms with Gasteiger partial charge in [0.15, 0.2) is 11.9 Å². The fraction of sp³-hybridized carbons (Fsp3) is 0.250. The lowest BCUT2D eigenvalue weighted by atomic mass is 10.1. The molecule has 4 aromatic rings. The summed E-state index contributed by atoms with van der Waals surface area (Å²) in [5.41, 5.74) is 1.66. The van der Waals surface area contributed by atoms with E-state index in [-0.39, 0.29) is 5.56 Å². The molecule has 0 saturated heterocycles. The molecular weight excluding hydrogens is 380 g/mol. The molecule has 0 radical (unpaired) electrons. The number of nitrogens with zero attached hydrogens (tertiary/aromatic N) is 1. The number of hydrogen-bond donors (Lipinski definition) is 1. The van der Waals surface area contributed by atoms with Crippen LogP contribution in [-0.4, -0.2) is 15.9 Å². The summed E-state index contributed by atoms with van der Waals surface area (Å²) in [4.78, 5) is 34.7. The lowest BCUT2D eigenvalue weighted by Gasteiger charge is -2.12. The van der Waals surface area contributed by atoms with Gasteiger partial charge >= 0.3 is 5.97 Å². The van der Waals surface area contributed by atoms with Crippen LogP contribution in [0.3, 0.4) is 0 Å². The first-order valence-corrected chi connectivity index (χ1v) is 10.2. The van der Waals surface area contributed by atoms with Crippen LogP contribution < -0.4 is 5.56 Å². The van der Waals surface area contributed by atoms with E-state index < -0.39 is 12.1 Å². The zero-order valence-electron chi connectivity index (χ0n) is 15.4. The predicted molar refractivity (Wildman–Crippen MR) is 110 cm³/mol. The van der Waals surface area contributed by atoms with Gasteiger partial charge in [-0.1, -0.05) is 18.2 Å². The number of ether oxygens (including phenoxy) is 1. The maximum absolute atomic E-state index is 12.7. The third-order valence-electron chi connectivity index (χ3n) is 4.76. The van der Waals surface area contributed by atoms with Gasteiger partial charge in [0.05, 0.1) is 5.39 Å². The van der Waals surface area contributed by atoms with Crippen molar-refractivity contribution in [1.82, 2.24) is 9.97 Å². The van der Waals surface area contributed by atoms with Crippen LogP contribution in [0.25, 0.3) is 20.3 Å². The van der Waals surface area contributed by atoms with Crippen LogP contribution in [0.5, 0.6) is 0 Å². The molecule has 0 bridgehead atoms. The van der Waals surface area contributed by atoms with Crippen LogP contribution in [0.15, 0.2) is 29.1 Å². The van der Waals surface area contributed by atoms with Crippen LogP contribution in [-0.2, 0) is 4.74 Å². The van der Waals surface area contributed by atoms with Crippen LogP contribution >= 0.6 is 22.7 Å². The van der Waals surface area contributed by atoms with Gasteiger partial charge in [0.1, 0.15) is 9.71 Å². The second-order valence-electron chi connectivity index (χ2n) is 6.51. The van der Waals surface area contributed by atoms with Gasteiger partial charge < -0.3 is 9.72 Å². The zero-order valence-corrected chi connectivity index (χ0v) is 17.0. The van der Waals surface area contributed by atoms with Crippen molar-refractivity contribution in [2.24, 2.45) is 0 Å². The van der Waals surface area contributed by atoms with Gasteiger partial charge in [0, 0.05) is 9.58 Å². The zero-order chi connectivity index (χ0) is 19.3. The van der Waals surface area contributed by atoms with E-state index in [9.17, 15) is 9.59 Å². The number of esters is 1. The topological polar surface area (TPSA) is 72.0 Å².